The second kappa shape index (κ2) is 1.55. The molecule has 0 bridgehead atoms. The second-order valence-corrected chi connectivity index (χ2v) is 3.28. The summed E-state index contributed by atoms with van der Waals surface area (Å²) in [6, 6.07) is 0. The average molecular weight is 74.0 g/mol. The first kappa shape index (κ1) is 4.24. The summed E-state index contributed by atoms with van der Waals surface area (Å²) < 4.78 is 0. The van der Waals surface area contributed by atoms with Gasteiger partial charge in [0, 0.05) is 0 Å². The van der Waals surface area contributed by atoms with Crippen molar-refractivity contribution in [1.82, 2.24) is 0 Å². The van der Waals surface area contributed by atoms with Crippen LogP contribution in [-0.4, -0.2) is 21.1 Å². The van der Waals surface area contributed by atoms with Crippen molar-refractivity contribution in [2.24, 2.45) is 0 Å². The van der Waals surface area contributed by atoms with E-state index in [-0.39, 0.29) is 0 Å². The molecule has 0 saturated heterocycles. The average Bonchev–Trinajstić information content (AvgIpc) is 0.811. The van der Waals surface area contributed by atoms with Crippen molar-refractivity contribution in [2.45, 2.75) is 6.55 Å². The Bertz CT molecular complexity index is 12.8. The smallest absolute Gasteiger partial charge is 0.128 e. The zero-order valence-corrected chi connectivity index (χ0v) is 4.18. The zero-order valence-electron chi connectivity index (χ0n) is 3.02. The molecule has 0 aliphatic carbocycles. The van der Waals surface area contributed by atoms with E-state index in [1.54, 1.807) is 0 Å². The minimum Gasteiger partial charge on any atom is -0.443 e. The van der Waals surface area contributed by atoms with Crippen LogP contribution in [0.4, 0.5) is 0 Å². The molecule has 24 valence electrons. The van der Waals surface area contributed by atoms with Crippen LogP contribution in [0.2, 0.25) is 6.55 Å². The fourth-order valence-corrected chi connectivity index (χ4v) is 0. The lowest BCUT2D eigenvalue weighted by molar-refractivity contribution is 0.601. The summed E-state index contributed by atoms with van der Waals surface area (Å²) in [4.78, 5) is 8.19. The molecule has 0 fully saturated rings. The summed E-state index contributed by atoms with van der Waals surface area (Å²) in [5.74, 6) is 0. The van der Waals surface area contributed by atoms with E-state index in [1.165, 1.54) is 0 Å². The van der Waals surface area contributed by atoms with Crippen LogP contribution in [0.3, 0.4) is 0 Å². The Balaban J connectivity index is 2.32. The van der Waals surface area contributed by atoms with E-state index >= 15 is 0 Å². The van der Waals surface area contributed by atoms with Gasteiger partial charge in [0.05, 0.1) is 0 Å². The van der Waals surface area contributed by atoms with Gasteiger partial charge in [-0.3, -0.25) is 0 Å². The molecule has 0 aliphatic heterocycles. The molecule has 0 radical (unpaired) electrons. The van der Waals surface area contributed by atoms with Gasteiger partial charge in [-0.2, -0.15) is 0 Å². The zero-order chi connectivity index (χ0) is 3.58. The van der Waals surface area contributed by atoms with Crippen LogP contribution >= 0.6 is 0 Å². The summed E-state index contributed by atoms with van der Waals surface area (Å²) in [7, 11) is 0.722. The number of hydrogen-bond donors (Lipinski definition) is 1. The second-order valence-electron chi connectivity index (χ2n) is 1.09. The lowest BCUT2D eigenvalue weighted by Gasteiger charge is -1.75. The predicted molar refractivity (Wildman–Crippen MR) is 23.8 cm³/mol. The third kappa shape index (κ3) is 59.1. The molecule has 0 amide bonds. The van der Waals surface area contributed by atoms with E-state index in [2.05, 4.69) is 0 Å². The number of rotatable bonds is 0. The monoisotopic (exact) mass is 74.0 g/mol. The molecular weight excluding hydrogens is 66.9 g/mol. The minimum atomic E-state index is -1.14. The maximum Gasteiger partial charge on any atom is 0.128 e. The first-order chi connectivity index (χ1) is 1.73. The van der Waals surface area contributed by atoms with Crippen molar-refractivity contribution >= 4 is 16.3 Å². The Kier molecular flexibility index (Phi) is 1.64. The van der Waals surface area contributed by atoms with Crippen molar-refractivity contribution in [3.8, 4) is 0 Å². The van der Waals surface area contributed by atoms with Gasteiger partial charge in [-0.15, -0.1) is 0 Å². The number of hydrogen-bond acceptors (Lipinski definition) is 1. The quantitative estimate of drug-likeness (QED) is 0.345. The summed E-state index contributed by atoms with van der Waals surface area (Å²) >= 11 is 0. The van der Waals surface area contributed by atoms with Crippen LogP contribution in [0, 0.1) is 0 Å². The Morgan fingerprint density at radius 2 is 2.00 bits per heavy atom. The van der Waals surface area contributed by atoms with Crippen LogP contribution in [0.15, 0.2) is 0 Å². The van der Waals surface area contributed by atoms with E-state index in [0.29, 0.717) is 0 Å². The summed E-state index contributed by atoms with van der Waals surface area (Å²) in [5.41, 5.74) is 0. The van der Waals surface area contributed by atoms with Crippen LogP contribution < -0.4 is 0 Å². The molecule has 0 aromatic heterocycles. The molecule has 0 aromatic carbocycles. The fourth-order valence-electron chi connectivity index (χ4n) is 0. The highest BCUT2D eigenvalue weighted by atomic mass is 28.3. The topological polar surface area (TPSA) is 20.2 Å². The molecule has 1 N–H and O–H groups in total. The third-order valence-electron chi connectivity index (χ3n) is 0. The molecule has 1 nitrogen and oxygen atoms in total. The minimum absolute atomic E-state index is 1.14. The Hall–Kier alpha value is 0.242. The van der Waals surface area contributed by atoms with Crippen LogP contribution in [0.25, 0.3) is 0 Å². The van der Waals surface area contributed by atoms with E-state index in [4.69, 9.17) is 4.80 Å². The molecule has 0 spiro atoms. The van der Waals surface area contributed by atoms with Gasteiger partial charge in [0.2, 0.25) is 0 Å². The highest BCUT2D eigenvalue weighted by Crippen LogP contribution is 1.50. The first-order valence-corrected chi connectivity index (χ1v) is 4.24. The molecule has 3 heteroatoms. The van der Waals surface area contributed by atoms with Gasteiger partial charge >= 0.3 is 0 Å². The van der Waals surface area contributed by atoms with E-state index in [0.717, 1.165) is 0 Å². The van der Waals surface area contributed by atoms with Crippen molar-refractivity contribution in [3.05, 3.63) is 0 Å². The van der Waals surface area contributed by atoms with E-state index in [1.807, 2.05) is 14.0 Å². The third-order valence-corrected chi connectivity index (χ3v) is 0. The fraction of sp³-hybridized carbons (Fsp3) is 1.00. The Morgan fingerprint density at radius 1 is 2.00 bits per heavy atom. The van der Waals surface area contributed by atoms with Crippen LogP contribution in [0.5, 0.6) is 0 Å². The molecule has 1 atom stereocenters. The van der Waals surface area contributed by atoms with E-state index in [9.17, 15) is 0 Å². The maximum atomic E-state index is 8.19. The summed E-state index contributed by atoms with van der Waals surface area (Å²) in [5, 5.41) is 0. The maximum absolute atomic E-state index is 8.19. The first-order valence-electron chi connectivity index (χ1n) is 1.41. The summed E-state index contributed by atoms with van der Waals surface area (Å²) in [6.45, 7) is 1.86. The molecule has 0 saturated carbocycles. The summed E-state index contributed by atoms with van der Waals surface area (Å²) in [6.07, 6.45) is 0. The van der Waals surface area contributed by atoms with Gasteiger partial charge in [0.1, 0.15) is 16.3 Å². The highest BCUT2D eigenvalue weighted by Gasteiger charge is 1.75. The normalized spacial score (nSPS) is 15.5. The lowest BCUT2D eigenvalue weighted by atomic mass is 10.8. The molecule has 0 aromatic rings. The Morgan fingerprint density at radius 3 is 2.00 bits per heavy atom. The lowest BCUT2D eigenvalue weighted by Crippen LogP contribution is -2.02. The van der Waals surface area contributed by atoms with Crippen LogP contribution in [-0.2, 0) is 0 Å². The Labute approximate surface area is 28.7 Å². The molecule has 0 rings (SSSR count). The van der Waals surface area contributed by atoms with Crippen molar-refractivity contribution < 1.29 is 4.80 Å². The molecule has 1 unspecified atom stereocenters. The van der Waals surface area contributed by atoms with Gasteiger partial charge in [0.15, 0.2) is 0 Å². The highest BCUT2D eigenvalue weighted by molar-refractivity contribution is 6.97. The SMILES string of the molecule is B[SiH](C)O. The van der Waals surface area contributed by atoms with Gasteiger partial charge in [-0.25, -0.2) is 0 Å². The standard InChI is InChI=1S/CH7BOSi/c1-4(2)3/h3-4H,2H2,1H3. The van der Waals surface area contributed by atoms with Crippen LogP contribution in [0.1, 0.15) is 0 Å². The molecule has 4 heavy (non-hydrogen) atoms. The van der Waals surface area contributed by atoms with Gasteiger partial charge < -0.3 is 4.80 Å². The predicted octanol–water partition coefficient (Wildman–Crippen LogP) is -1.54. The van der Waals surface area contributed by atoms with Gasteiger partial charge in [-0.05, 0) is 0 Å². The van der Waals surface area contributed by atoms with Crippen molar-refractivity contribution in [1.29, 1.82) is 0 Å². The molecule has 0 aliphatic rings. The molecular formula is CH7BOSi. The van der Waals surface area contributed by atoms with Crippen molar-refractivity contribution in [2.75, 3.05) is 0 Å². The van der Waals surface area contributed by atoms with Crippen molar-refractivity contribution in [3.63, 3.8) is 0 Å². The molecule has 0 heterocycles. The van der Waals surface area contributed by atoms with Gasteiger partial charge in [0.25, 0.3) is 0 Å². The van der Waals surface area contributed by atoms with Gasteiger partial charge in [-0.1, -0.05) is 6.55 Å². The largest absolute Gasteiger partial charge is 0.443 e. The van der Waals surface area contributed by atoms with E-state index < -0.39 is 8.91 Å².